The molecule has 0 saturated carbocycles. The fourth-order valence-corrected chi connectivity index (χ4v) is 7.63. The van der Waals surface area contributed by atoms with Gasteiger partial charge < -0.3 is 14.8 Å². The van der Waals surface area contributed by atoms with Gasteiger partial charge in [0.2, 0.25) is 10.0 Å². The number of thiophene rings is 1. The van der Waals surface area contributed by atoms with E-state index in [9.17, 15) is 18.0 Å². The van der Waals surface area contributed by atoms with Crippen LogP contribution in [0.2, 0.25) is 0 Å². The number of aromatic nitrogens is 2. The smallest absolute Gasteiger partial charge is 0.281 e. The second-order valence-electron chi connectivity index (χ2n) is 10.5. The van der Waals surface area contributed by atoms with Crippen molar-refractivity contribution in [3.63, 3.8) is 0 Å². The van der Waals surface area contributed by atoms with Gasteiger partial charge in [-0.1, -0.05) is 0 Å². The molecule has 0 fully saturated rings. The highest BCUT2D eigenvalue weighted by Gasteiger charge is 2.31. The number of nitrogens with one attached hydrogen (secondary N) is 1. The summed E-state index contributed by atoms with van der Waals surface area (Å²) in [7, 11) is -0.809. The van der Waals surface area contributed by atoms with Gasteiger partial charge in [0, 0.05) is 62.6 Å². The molecule has 3 aromatic rings. The third kappa shape index (κ3) is 6.82. The van der Waals surface area contributed by atoms with E-state index in [0.717, 1.165) is 28.4 Å². The van der Waals surface area contributed by atoms with Gasteiger partial charge in [0.05, 0.1) is 29.4 Å². The SMILES string of the molecule is COCCN(CCOC)S(=O)(=O)c1ccc(C(=O)Nc2sc3c(c2C(=O)n2nc(C)cc2C)CCN(C(C)C)C3)cc1. The molecule has 3 heterocycles. The summed E-state index contributed by atoms with van der Waals surface area (Å²) in [6, 6.07) is 7.98. The lowest BCUT2D eigenvalue weighted by atomic mass is 10.0. The third-order valence-corrected chi connectivity index (χ3v) is 10.3. The maximum Gasteiger partial charge on any atom is 0.281 e. The lowest BCUT2D eigenvalue weighted by Crippen LogP contribution is -2.36. The van der Waals surface area contributed by atoms with E-state index in [2.05, 4.69) is 29.2 Å². The van der Waals surface area contributed by atoms with Crippen molar-refractivity contribution < 1.29 is 27.5 Å². The van der Waals surface area contributed by atoms with Crippen molar-refractivity contribution in [3.8, 4) is 0 Å². The molecule has 228 valence electrons. The Morgan fingerprint density at radius 1 is 1.10 bits per heavy atom. The summed E-state index contributed by atoms with van der Waals surface area (Å²) in [5.41, 5.74) is 3.13. The maximum atomic E-state index is 13.8. The summed E-state index contributed by atoms with van der Waals surface area (Å²) in [5.74, 6) is -0.712. The molecule has 0 saturated heterocycles. The molecule has 1 aliphatic heterocycles. The van der Waals surface area contributed by atoms with E-state index >= 15 is 0 Å². The van der Waals surface area contributed by atoms with Crippen molar-refractivity contribution in [3.05, 3.63) is 63.3 Å². The third-order valence-electron chi connectivity index (χ3n) is 7.30. The van der Waals surface area contributed by atoms with Crippen LogP contribution in [0.4, 0.5) is 5.00 Å². The predicted molar refractivity (Wildman–Crippen MR) is 162 cm³/mol. The Kier molecular flexibility index (Phi) is 10.3. The van der Waals surface area contributed by atoms with Gasteiger partial charge in [-0.25, -0.2) is 13.1 Å². The van der Waals surface area contributed by atoms with Gasteiger partial charge in [0.25, 0.3) is 11.8 Å². The Labute approximate surface area is 251 Å². The quantitative estimate of drug-likeness (QED) is 0.328. The summed E-state index contributed by atoms with van der Waals surface area (Å²) < 4.78 is 39.3. The van der Waals surface area contributed by atoms with Crippen LogP contribution in [0.3, 0.4) is 0 Å². The topological polar surface area (TPSA) is 123 Å². The zero-order chi connectivity index (χ0) is 30.6. The van der Waals surface area contributed by atoms with Gasteiger partial charge in [-0.05, 0) is 70.0 Å². The van der Waals surface area contributed by atoms with Crippen LogP contribution in [-0.4, -0.2) is 92.3 Å². The second-order valence-corrected chi connectivity index (χ2v) is 13.6. The van der Waals surface area contributed by atoms with Crippen LogP contribution in [0.5, 0.6) is 0 Å². The molecule has 0 unspecified atom stereocenters. The van der Waals surface area contributed by atoms with Gasteiger partial charge in [-0.3, -0.25) is 14.5 Å². The zero-order valence-corrected chi connectivity index (χ0v) is 26.6. The summed E-state index contributed by atoms with van der Waals surface area (Å²) in [6.45, 7) is 10.3. The van der Waals surface area contributed by atoms with E-state index in [4.69, 9.17) is 9.47 Å². The van der Waals surface area contributed by atoms with Crippen molar-refractivity contribution in [1.29, 1.82) is 0 Å². The summed E-state index contributed by atoms with van der Waals surface area (Å²) in [6.07, 6.45) is 0.690. The van der Waals surface area contributed by atoms with E-state index in [1.165, 1.54) is 58.8 Å². The summed E-state index contributed by atoms with van der Waals surface area (Å²) in [4.78, 5) is 30.7. The van der Waals surface area contributed by atoms with Gasteiger partial charge in [-0.15, -0.1) is 11.3 Å². The van der Waals surface area contributed by atoms with Crippen LogP contribution >= 0.6 is 11.3 Å². The van der Waals surface area contributed by atoms with Gasteiger partial charge in [-0.2, -0.15) is 9.40 Å². The zero-order valence-electron chi connectivity index (χ0n) is 25.0. The fraction of sp³-hybridized carbons (Fsp3) is 0.483. The van der Waals surface area contributed by atoms with Crippen LogP contribution in [0.15, 0.2) is 35.2 Å². The van der Waals surface area contributed by atoms with Crippen molar-refractivity contribution >= 4 is 38.2 Å². The Morgan fingerprint density at radius 3 is 2.29 bits per heavy atom. The van der Waals surface area contributed by atoms with Crippen LogP contribution < -0.4 is 5.32 Å². The normalized spacial score (nSPS) is 14.0. The number of rotatable bonds is 12. The molecule has 1 aromatic carbocycles. The molecule has 2 aromatic heterocycles. The minimum absolute atomic E-state index is 0.0621. The molecular formula is C29H39N5O6S2. The molecule has 42 heavy (non-hydrogen) atoms. The Morgan fingerprint density at radius 2 is 1.74 bits per heavy atom. The molecule has 1 aliphatic rings. The Hall–Kier alpha value is -2.94. The number of aryl methyl sites for hydroxylation is 2. The van der Waals surface area contributed by atoms with Crippen molar-refractivity contribution in [2.24, 2.45) is 0 Å². The van der Waals surface area contributed by atoms with E-state index in [1.54, 1.807) is 0 Å². The number of anilines is 1. The molecular weight excluding hydrogens is 578 g/mol. The monoisotopic (exact) mass is 617 g/mol. The fourth-order valence-electron chi connectivity index (χ4n) is 4.96. The molecule has 13 heteroatoms. The van der Waals surface area contributed by atoms with E-state index < -0.39 is 15.9 Å². The molecule has 1 amide bonds. The first-order valence-corrected chi connectivity index (χ1v) is 16.1. The molecule has 4 rings (SSSR count). The summed E-state index contributed by atoms with van der Waals surface area (Å²) in [5, 5.41) is 7.81. The average molecular weight is 618 g/mol. The predicted octanol–water partition coefficient (Wildman–Crippen LogP) is 3.55. The molecule has 0 bridgehead atoms. The number of amides is 1. The largest absolute Gasteiger partial charge is 0.383 e. The average Bonchev–Trinajstić information content (AvgIpc) is 3.50. The lowest BCUT2D eigenvalue weighted by Gasteiger charge is -2.30. The highest BCUT2D eigenvalue weighted by Crippen LogP contribution is 2.38. The molecule has 0 aliphatic carbocycles. The molecule has 0 atom stereocenters. The number of benzene rings is 1. The number of ether oxygens (including phenoxy) is 2. The Bertz CT molecular complexity index is 1520. The lowest BCUT2D eigenvalue weighted by molar-refractivity contribution is 0.0941. The highest BCUT2D eigenvalue weighted by molar-refractivity contribution is 7.89. The summed E-state index contributed by atoms with van der Waals surface area (Å²) >= 11 is 1.41. The molecule has 11 nitrogen and oxygen atoms in total. The van der Waals surface area contributed by atoms with Crippen molar-refractivity contribution in [2.45, 2.75) is 51.6 Å². The standard InChI is InChI=1S/C29H39N5O6S2/c1-19(2)32-12-11-24-25(18-32)41-28(26(24)29(36)34-21(4)17-20(3)31-34)30-27(35)22-7-9-23(10-8-22)42(37,38)33(13-15-39-5)14-16-40-6/h7-10,17,19H,11-16,18H2,1-6H3,(H,30,35). The van der Waals surface area contributed by atoms with E-state index in [0.29, 0.717) is 29.6 Å². The van der Waals surface area contributed by atoms with Gasteiger partial charge in [0.1, 0.15) is 5.00 Å². The first-order chi connectivity index (χ1) is 20.0. The first kappa shape index (κ1) is 32.0. The highest BCUT2D eigenvalue weighted by atomic mass is 32.2. The minimum atomic E-state index is -3.83. The molecule has 0 radical (unpaired) electrons. The van der Waals surface area contributed by atoms with Crippen LogP contribution in [0.1, 0.15) is 56.4 Å². The van der Waals surface area contributed by atoms with Crippen molar-refractivity contribution in [1.82, 2.24) is 19.0 Å². The van der Waals surface area contributed by atoms with Gasteiger partial charge >= 0.3 is 0 Å². The van der Waals surface area contributed by atoms with Crippen LogP contribution in [0.25, 0.3) is 0 Å². The maximum absolute atomic E-state index is 13.8. The number of nitrogens with zero attached hydrogens (tertiary/aromatic N) is 4. The number of hydrogen-bond acceptors (Lipinski definition) is 9. The van der Waals surface area contributed by atoms with Gasteiger partial charge in [0.15, 0.2) is 0 Å². The Balaban J connectivity index is 1.62. The van der Waals surface area contributed by atoms with E-state index in [1.807, 2.05) is 19.9 Å². The van der Waals surface area contributed by atoms with Crippen molar-refractivity contribution in [2.75, 3.05) is 52.4 Å². The number of sulfonamides is 1. The number of carbonyl (C=O) groups excluding carboxylic acids is 2. The molecule has 0 spiro atoms. The van der Waals surface area contributed by atoms with Crippen LogP contribution in [0, 0.1) is 13.8 Å². The number of carbonyl (C=O) groups is 2. The van der Waals surface area contributed by atoms with E-state index in [-0.39, 0.29) is 42.7 Å². The first-order valence-electron chi connectivity index (χ1n) is 13.8. The minimum Gasteiger partial charge on any atom is -0.383 e. The number of hydrogen-bond donors (Lipinski definition) is 1. The molecule has 1 N–H and O–H groups in total. The number of methoxy groups -OCH3 is 2. The second kappa shape index (κ2) is 13.6. The van der Waals surface area contributed by atoms with Crippen LogP contribution in [-0.2, 0) is 32.5 Å². The number of fused-ring (bicyclic) bond motifs is 1.